The molecule has 0 amide bonds. The quantitative estimate of drug-likeness (QED) is 0.153. The van der Waals surface area contributed by atoms with Crippen molar-refractivity contribution in [3.63, 3.8) is 0 Å². The zero-order valence-electron chi connectivity index (χ0n) is 19.1. The lowest BCUT2D eigenvalue weighted by atomic mass is 9.73. The van der Waals surface area contributed by atoms with Crippen molar-refractivity contribution < 1.29 is 14.3 Å². The average molecular weight is 451 g/mol. The van der Waals surface area contributed by atoms with Gasteiger partial charge in [-0.25, -0.2) is 4.79 Å². The van der Waals surface area contributed by atoms with Crippen LogP contribution >= 0.6 is 0 Å². The second-order valence-electron chi connectivity index (χ2n) is 8.44. The van der Waals surface area contributed by atoms with E-state index in [1.54, 1.807) is 7.11 Å². The van der Waals surface area contributed by atoms with Crippen molar-refractivity contribution >= 4 is 28.0 Å². The van der Waals surface area contributed by atoms with Crippen LogP contribution in [0.3, 0.4) is 0 Å². The molecule has 0 saturated heterocycles. The minimum atomic E-state index is -0.480. The number of esters is 1. The van der Waals surface area contributed by atoms with Crippen LogP contribution in [0.25, 0.3) is 22.0 Å². The van der Waals surface area contributed by atoms with Gasteiger partial charge in [-0.15, -0.1) is 0 Å². The Morgan fingerprint density at radius 3 is 2.53 bits per heavy atom. The molecule has 4 aromatic rings. The minimum absolute atomic E-state index is 0.409. The summed E-state index contributed by atoms with van der Waals surface area (Å²) in [6, 6.07) is 22.2. The summed E-state index contributed by atoms with van der Waals surface area (Å²) in [5, 5.41) is 8.25. The van der Waals surface area contributed by atoms with E-state index in [4.69, 9.17) is 9.47 Å². The van der Waals surface area contributed by atoms with E-state index < -0.39 is 5.97 Å². The molecule has 0 bridgehead atoms. The number of carbonyl (C=O) groups is 1. The van der Waals surface area contributed by atoms with E-state index in [0.717, 1.165) is 51.8 Å². The molecule has 34 heavy (non-hydrogen) atoms. The first-order chi connectivity index (χ1) is 16.7. The fraction of sp³-hybridized carbons (Fsp3) is 0.172. The van der Waals surface area contributed by atoms with Gasteiger partial charge in [0.15, 0.2) is 0 Å². The highest BCUT2D eigenvalue weighted by Gasteiger charge is 2.28. The van der Waals surface area contributed by atoms with E-state index in [9.17, 15) is 4.79 Å². The van der Waals surface area contributed by atoms with Crippen LogP contribution in [-0.4, -0.2) is 23.3 Å². The zero-order valence-corrected chi connectivity index (χ0v) is 19.1. The van der Waals surface area contributed by atoms with Crippen molar-refractivity contribution in [3.05, 3.63) is 102 Å². The largest absolute Gasteiger partial charge is 0.497 e. The number of carbonyl (C=O) groups excluding carboxylic acids is 1. The number of methoxy groups -OCH3 is 1. The first-order valence-corrected chi connectivity index (χ1v) is 11.4. The molecule has 1 aliphatic carbocycles. The van der Waals surface area contributed by atoms with Gasteiger partial charge in [0, 0.05) is 17.0 Å². The fourth-order valence-electron chi connectivity index (χ4n) is 4.52. The maximum atomic E-state index is 12.2. The summed E-state index contributed by atoms with van der Waals surface area (Å²) < 4.78 is 11.1. The van der Waals surface area contributed by atoms with Gasteiger partial charge in [0.05, 0.1) is 18.8 Å². The van der Waals surface area contributed by atoms with Crippen molar-refractivity contribution in [2.24, 2.45) is 5.92 Å². The molecule has 5 heteroatoms. The summed E-state index contributed by atoms with van der Waals surface area (Å²) in [4.78, 5) is 12.2. The number of fused-ring (bicyclic) bond motifs is 1. The van der Waals surface area contributed by atoms with Gasteiger partial charge in [-0.1, -0.05) is 49.4 Å². The number of aromatic amines is 1. The monoisotopic (exact) mass is 450 g/mol. The lowest BCUT2D eigenvalue weighted by Gasteiger charge is -2.32. The van der Waals surface area contributed by atoms with E-state index in [-0.39, 0.29) is 0 Å². The molecule has 0 radical (unpaired) electrons. The number of aromatic nitrogens is 2. The van der Waals surface area contributed by atoms with Gasteiger partial charge in [-0.2, -0.15) is 5.10 Å². The standard InChI is InChI=1S/C29H26N2O3/c1-3-27(32)34-26-10-5-4-9-24(26)29(21-13-16-25-22(17-21)18-30-31-25)28(19-7-6-8-19)20-11-14-23(33-2)15-12-20/h3-5,9-19H,1,6-8H2,2H3,(H,30,31)/b29-28-. The Balaban J connectivity index is 1.80. The van der Waals surface area contributed by atoms with Gasteiger partial charge in [-0.3, -0.25) is 5.10 Å². The van der Waals surface area contributed by atoms with Crippen molar-refractivity contribution in [2.45, 2.75) is 19.3 Å². The number of allylic oxidation sites excluding steroid dienone is 1. The van der Waals surface area contributed by atoms with Crippen LogP contribution in [0.4, 0.5) is 0 Å². The molecule has 0 aliphatic heterocycles. The molecule has 0 unspecified atom stereocenters. The summed E-state index contributed by atoms with van der Waals surface area (Å²) in [5.74, 6) is 1.26. The Morgan fingerprint density at radius 2 is 1.82 bits per heavy atom. The van der Waals surface area contributed by atoms with E-state index in [1.165, 1.54) is 18.1 Å². The first-order valence-electron chi connectivity index (χ1n) is 11.4. The van der Waals surface area contributed by atoms with E-state index in [1.807, 2.05) is 48.7 Å². The first kappa shape index (κ1) is 21.7. The Hall–Kier alpha value is -4.12. The number of nitrogens with one attached hydrogen (secondary N) is 1. The molecule has 1 N–H and O–H groups in total. The zero-order chi connectivity index (χ0) is 23.5. The van der Waals surface area contributed by atoms with Crippen LogP contribution < -0.4 is 9.47 Å². The molecule has 170 valence electrons. The second-order valence-corrected chi connectivity index (χ2v) is 8.44. The normalized spacial score (nSPS) is 14.3. The van der Waals surface area contributed by atoms with Crippen LogP contribution in [-0.2, 0) is 4.79 Å². The molecule has 1 saturated carbocycles. The van der Waals surface area contributed by atoms with Crippen LogP contribution in [0.15, 0.2) is 85.6 Å². The Labute approximate surface area is 198 Å². The van der Waals surface area contributed by atoms with Gasteiger partial charge in [0.2, 0.25) is 0 Å². The van der Waals surface area contributed by atoms with Gasteiger partial charge < -0.3 is 9.47 Å². The summed E-state index contributed by atoms with van der Waals surface area (Å²) in [5.41, 5.74) is 6.35. The fourth-order valence-corrected chi connectivity index (χ4v) is 4.52. The number of benzene rings is 3. The summed E-state index contributed by atoms with van der Waals surface area (Å²) in [7, 11) is 1.67. The Kier molecular flexibility index (Phi) is 6.00. The highest BCUT2D eigenvalue weighted by Crippen LogP contribution is 2.47. The maximum Gasteiger partial charge on any atom is 0.335 e. The lowest BCUT2D eigenvalue weighted by Crippen LogP contribution is -2.15. The van der Waals surface area contributed by atoms with Gasteiger partial charge in [0.25, 0.3) is 0 Å². The van der Waals surface area contributed by atoms with E-state index >= 15 is 0 Å². The van der Waals surface area contributed by atoms with Crippen molar-refractivity contribution in [2.75, 3.05) is 7.11 Å². The molecule has 0 spiro atoms. The number of hydrogen-bond donors (Lipinski definition) is 1. The number of hydrogen-bond acceptors (Lipinski definition) is 4. The van der Waals surface area contributed by atoms with Gasteiger partial charge in [-0.05, 0) is 71.4 Å². The Bertz CT molecular complexity index is 1380. The topological polar surface area (TPSA) is 64.2 Å². The number of para-hydroxylation sites is 1. The molecule has 3 aromatic carbocycles. The molecular weight excluding hydrogens is 424 g/mol. The van der Waals surface area contributed by atoms with E-state index in [2.05, 4.69) is 41.0 Å². The molecule has 1 heterocycles. The predicted octanol–water partition coefficient (Wildman–Crippen LogP) is 6.42. The molecule has 1 fully saturated rings. The molecule has 5 rings (SSSR count). The van der Waals surface area contributed by atoms with Gasteiger partial charge in [0.1, 0.15) is 11.5 Å². The third-order valence-corrected chi connectivity index (χ3v) is 6.45. The lowest BCUT2D eigenvalue weighted by molar-refractivity contribution is -0.128. The number of H-pyrrole nitrogens is 1. The third-order valence-electron chi connectivity index (χ3n) is 6.45. The van der Waals surface area contributed by atoms with Gasteiger partial charge >= 0.3 is 5.97 Å². The summed E-state index contributed by atoms with van der Waals surface area (Å²) >= 11 is 0. The highest BCUT2D eigenvalue weighted by atomic mass is 16.5. The minimum Gasteiger partial charge on any atom is -0.497 e. The number of nitrogens with zero attached hydrogens (tertiary/aromatic N) is 1. The van der Waals surface area contributed by atoms with Crippen LogP contribution in [0.5, 0.6) is 11.5 Å². The van der Waals surface area contributed by atoms with Crippen LogP contribution in [0.2, 0.25) is 0 Å². The Morgan fingerprint density at radius 1 is 1.06 bits per heavy atom. The molecule has 5 nitrogen and oxygen atoms in total. The van der Waals surface area contributed by atoms with Crippen LogP contribution in [0, 0.1) is 5.92 Å². The second kappa shape index (κ2) is 9.40. The molecular formula is C29H26N2O3. The number of rotatable bonds is 7. The van der Waals surface area contributed by atoms with Crippen molar-refractivity contribution in [3.8, 4) is 11.5 Å². The van der Waals surface area contributed by atoms with Crippen molar-refractivity contribution in [1.29, 1.82) is 0 Å². The summed E-state index contributed by atoms with van der Waals surface area (Å²) in [6.45, 7) is 3.56. The molecule has 1 aromatic heterocycles. The summed E-state index contributed by atoms with van der Waals surface area (Å²) in [6.07, 6.45) is 6.46. The highest BCUT2D eigenvalue weighted by molar-refractivity contribution is 6.03. The van der Waals surface area contributed by atoms with E-state index in [0.29, 0.717) is 11.7 Å². The molecule has 1 aliphatic rings. The van der Waals surface area contributed by atoms with Crippen LogP contribution in [0.1, 0.15) is 36.0 Å². The molecule has 0 atom stereocenters. The van der Waals surface area contributed by atoms with Crippen molar-refractivity contribution in [1.82, 2.24) is 10.2 Å². The number of ether oxygens (including phenoxy) is 2. The average Bonchev–Trinajstić information content (AvgIpc) is 3.31. The smallest absolute Gasteiger partial charge is 0.335 e. The maximum absolute atomic E-state index is 12.2. The predicted molar refractivity (Wildman–Crippen MR) is 135 cm³/mol. The SMILES string of the molecule is C=CC(=O)Oc1ccccc1/C(=C(\c1ccc(OC)cc1)C1CCC1)c1ccc2[nH]ncc2c1. The third kappa shape index (κ3) is 4.13.